The number of rotatable bonds is 2. The van der Waals surface area contributed by atoms with Crippen LogP contribution in [0, 0.1) is 0 Å². The SMILES string of the molecule is CC(=O)c1cnccc1C(=O)NN. The van der Waals surface area contributed by atoms with Crippen molar-refractivity contribution < 1.29 is 9.59 Å². The van der Waals surface area contributed by atoms with E-state index in [1.54, 1.807) is 0 Å². The van der Waals surface area contributed by atoms with Gasteiger partial charge in [0.1, 0.15) is 0 Å². The average molecular weight is 179 g/mol. The summed E-state index contributed by atoms with van der Waals surface area (Å²) in [6.07, 6.45) is 2.77. The van der Waals surface area contributed by atoms with Gasteiger partial charge in [-0.3, -0.25) is 20.0 Å². The molecule has 1 aromatic heterocycles. The van der Waals surface area contributed by atoms with Crippen molar-refractivity contribution in [1.82, 2.24) is 10.4 Å². The van der Waals surface area contributed by atoms with Crippen LogP contribution in [0.25, 0.3) is 0 Å². The van der Waals surface area contributed by atoms with Crippen molar-refractivity contribution in [1.29, 1.82) is 0 Å². The number of Topliss-reactive ketones (excluding diaryl/α,β-unsaturated/α-hetero) is 1. The minimum atomic E-state index is -0.493. The summed E-state index contributed by atoms with van der Waals surface area (Å²) in [4.78, 5) is 25.9. The number of hydrazine groups is 1. The largest absolute Gasteiger partial charge is 0.294 e. The third-order valence-electron chi connectivity index (χ3n) is 1.58. The lowest BCUT2D eigenvalue weighted by molar-refractivity contribution is 0.0938. The summed E-state index contributed by atoms with van der Waals surface area (Å²) in [5.41, 5.74) is 2.47. The Kier molecular flexibility index (Phi) is 2.71. The number of hydrogen-bond donors (Lipinski definition) is 2. The first-order chi connectivity index (χ1) is 6.16. The van der Waals surface area contributed by atoms with Gasteiger partial charge in [0, 0.05) is 18.0 Å². The van der Waals surface area contributed by atoms with Crippen molar-refractivity contribution in [3.05, 3.63) is 29.6 Å². The summed E-state index contributed by atoms with van der Waals surface area (Å²) >= 11 is 0. The van der Waals surface area contributed by atoms with Gasteiger partial charge in [-0.1, -0.05) is 0 Å². The Hall–Kier alpha value is -1.75. The van der Waals surface area contributed by atoms with Crippen LogP contribution < -0.4 is 11.3 Å². The summed E-state index contributed by atoms with van der Waals surface area (Å²) in [5.74, 6) is 4.23. The second-order valence-electron chi connectivity index (χ2n) is 2.45. The van der Waals surface area contributed by atoms with E-state index in [0.29, 0.717) is 0 Å². The van der Waals surface area contributed by atoms with Crippen LogP contribution in [0.15, 0.2) is 18.5 Å². The monoisotopic (exact) mass is 179 g/mol. The quantitative estimate of drug-likeness (QED) is 0.287. The zero-order chi connectivity index (χ0) is 9.84. The molecule has 0 radical (unpaired) electrons. The van der Waals surface area contributed by atoms with E-state index in [9.17, 15) is 9.59 Å². The predicted molar refractivity (Wildman–Crippen MR) is 45.9 cm³/mol. The lowest BCUT2D eigenvalue weighted by atomic mass is 10.1. The minimum Gasteiger partial charge on any atom is -0.294 e. The molecule has 0 saturated heterocycles. The fraction of sp³-hybridized carbons (Fsp3) is 0.125. The van der Waals surface area contributed by atoms with Crippen molar-refractivity contribution >= 4 is 11.7 Å². The zero-order valence-corrected chi connectivity index (χ0v) is 7.07. The maximum absolute atomic E-state index is 11.1. The Morgan fingerprint density at radius 2 is 2.15 bits per heavy atom. The molecule has 1 heterocycles. The molecule has 0 aliphatic carbocycles. The van der Waals surface area contributed by atoms with Crippen molar-refractivity contribution in [3.8, 4) is 0 Å². The normalized spacial score (nSPS) is 9.38. The second kappa shape index (κ2) is 3.77. The number of nitrogens with two attached hydrogens (primary N) is 1. The molecule has 13 heavy (non-hydrogen) atoms. The Morgan fingerprint density at radius 1 is 1.46 bits per heavy atom. The smallest absolute Gasteiger partial charge is 0.266 e. The Morgan fingerprint density at radius 3 is 2.69 bits per heavy atom. The molecule has 1 aromatic rings. The average Bonchev–Trinajstić information content (AvgIpc) is 2.16. The highest BCUT2D eigenvalue weighted by atomic mass is 16.2. The Labute approximate surface area is 74.9 Å². The fourth-order valence-electron chi connectivity index (χ4n) is 0.951. The Bertz CT molecular complexity index is 349. The lowest BCUT2D eigenvalue weighted by Gasteiger charge is -2.03. The van der Waals surface area contributed by atoms with Gasteiger partial charge in [-0.15, -0.1) is 0 Å². The van der Waals surface area contributed by atoms with Crippen molar-refractivity contribution in [2.75, 3.05) is 0 Å². The predicted octanol–water partition coefficient (Wildman–Crippen LogP) is -0.112. The number of ketones is 1. The molecule has 5 nitrogen and oxygen atoms in total. The maximum atomic E-state index is 11.1. The van der Waals surface area contributed by atoms with E-state index in [1.807, 2.05) is 5.43 Å². The number of hydrogen-bond acceptors (Lipinski definition) is 4. The highest BCUT2D eigenvalue weighted by molar-refractivity contribution is 6.06. The van der Waals surface area contributed by atoms with Gasteiger partial charge in [0.25, 0.3) is 5.91 Å². The van der Waals surface area contributed by atoms with Crippen LogP contribution in [-0.4, -0.2) is 16.7 Å². The molecule has 0 aliphatic rings. The van der Waals surface area contributed by atoms with E-state index in [0.717, 1.165) is 0 Å². The summed E-state index contributed by atoms with van der Waals surface area (Å²) in [7, 11) is 0. The molecular weight excluding hydrogens is 170 g/mol. The van der Waals surface area contributed by atoms with Crippen molar-refractivity contribution in [2.45, 2.75) is 6.92 Å². The topological polar surface area (TPSA) is 85.1 Å². The number of aromatic nitrogens is 1. The van der Waals surface area contributed by atoms with Gasteiger partial charge in [-0.05, 0) is 13.0 Å². The summed E-state index contributed by atoms with van der Waals surface area (Å²) in [6, 6.07) is 1.44. The molecule has 5 heteroatoms. The van der Waals surface area contributed by atoms with E-state index >= 15 is 0 Å². The number of amides is 1. The van der Waals surface area contributed by atoms with Crippen LogP contribution in [0.2, 0.25) is 0 Å². The highest BCUT2D eigenvalue weighted by Gasteiger charge is 2.12. The number of carbonyl (C=O) groups is 2. The van der Waals surface area contributed by atoms with Gasteiger partial charge in [-0.25, -0.2) is 5.84 Å². The maximum Gasteiger partial charge on any atom is 0.266 e. The third-order valence-corrected chi connectivity index (χ3v) is 1.58. The number of carbonyl (C=O) groups excluding carboxylic acids is 2. The summed E-state index contributed by atoms with van der Waals surface area (Å²) in [5, 5.41) is 0. The van der Waals surface area contributed by atoms with Crippen LogP contribution >= 0.6 is 0 Å². The van der Waals surface area contributed by atoms with Gasteiger partial charge in [0.15, 0.2) is 5.78 Å². The number of nitrogens with one attached hydrogen (secondary N) is 1. The van der Waals surface area contributed by atoms with Crippen LogP contribution in [0.3, 0.4) is 0 Å². The second-order valence-corrected chi connectivity index (χ2v) is 2.45. The molecule has 3 N–H and O–H groups in total. The summed E-state index contributed by atoms with van der Waals surface area (Å²) in [6.45, 7) is 1.37. The van der Waals surface area contributed by atoms with E-state index < -0.39 is 5.91 Å². The molecule has 0 spiro atoms. The van der Waals surface area contributed by atoms with Gasteiger partial charge >= 0.3 is 0 Å². The first kappa shape index (κ1) is 9.34. The van der Waals surface area contributed by atoms with E-state index in [1.165, 1.54) is 25.4 Å². The Balaban J connectivity index is 3.19. The third kappa shape index (κ3) is 1.88. The van der Waals surface area contributed by atoms with Gasteiger partial charge in [0.2, 0.25) is 0 Å². The van der Waals surface area contributed by atoms with Gasteiger partial charge in [0.05, 0.1) is 5.56 Å². The van der Waals surface area contributed by atoms with E-state index in [2.05, 4.69) is 4.98 Å². The molecule has 1 amide bonds. The number of pyridine rings is 1. The van der Waals surface area contributed by atoms with E-state index in [4.69, 9.17) is 5.84 Å². The molecule has 0 atom stereocenters. The van der Waals surface area contributed by atoms with Gasteiger partial charge in [-0.2, -0.15) is 0 Å². The van der Waals surface area contributed by atoms with Crippen molar-refractivity contribution in [2.24, 2.45) is 5.84 Å². The fourth-order valence-corrected chi connectivity index (χ4v) is 0.951. The van der Waals surface area contributed by atoms with Gasteiger partial charge < -0.3 is 0 Å². The number of nitrogen functional groups attached to an aromatic ring is 1. The molecule has 0 unspecified atom stereocenters. The minimum absolute atomic E-state index is 0.216. The number of nitrogens with zero attached hydrogens (tertiary/aromatic N) is 1. The van der Waals surface area contributed by atoms with E-state index in [-0.39, 0.29) is 16.9 Å². The molecule has 0 aromatic carbocycles. The van der Waals surface area contributed by atoms with Crippen LogP contribution in [0.1, 0.15) is 27.6 Å². The molecule has 1 rings (SSSR count). The zero-order valence-electron chi connectivity index (χ0n) is 7.07. The first-order valence-electron chi connectivity index (χ1n) is 3.62. The molecule has 68 valence electrons. The van der Waals surface area contributed by atoms with Crippen LogP contribution in [0.4, 0.5) is 0 Å². The molecule has 0 aliphatic heterocycles. The first-order valence-corrected chi connectivity index (χ1v) is 3.62. The van der Waals surface area contributed by atoms with Crippen molar-refractivity contribution in [3.63, 3.8) is 0 Å². The highest BCUT2D eigenvalue weighted by Crippen LogP contribution is 2.06. The van der Waals surface area contributed by atoms with Crippen LogP contribution in [-0.2, 0) is 0 Å². The van der Waals surface area contributed by atoms with Crippen LogP contribution in [0.5, 0.6) is 0 Å². The molecule has 0 bridgehead atoms. The molecule has 0 fully saturated rings. The molecular formula is C8H9N3O2. The summed E-state index contributed by atoms with van der Waals surface area (Å²) < 4.78 is 0. The lowest BCUT2D eigenvalue weighted by Crippen LogP contribution is -2.31. The standard InChI is InChI=1S/C8H9N3O2/c1-5(12)7-4-10-3-2-6(7)8(13)11-9/h2-4H,9H2,1H3,(H,11,13). The molecule has 0 saturated carbocycles.